The molecular weight excluding hydrogens is 416 g/mol. The quantitative estimate of drug-likeness (QED) is 0.395. The van der Waals surface area contributed by atoms with E-state index >= 15 is 0 Å². The van der Waals surface area contributed by atoms with Gasteiger partial charge in [0.25, 0.3) is 0 Å². The molecule has 0 aliphatic carbocycles. The van der Waals surface area contributed by atoms with Gasteiger partial charge in [-0.05, 0) is 56.2 Å². The molecule has 3 aromatic rings. The minimum absolute atomic E-state index is 0.0108. The Labute approximate surface area is 195 Å². The summed E-state index contributed by atoms with van der Waals surface area (Å²) in [5.41, 5.74) is 1.80. The number of aromatic nitrogens is 2. The number of hydrogen-bond donors (Lipinski definition) is 1. The number of Topliss-reactive ketones (excluding diaryl/α,β-unsaturated/α-hetero) is 1. The molecule has 1 amide bonds. The fraction of sp³-hybridized carbons (Fsp3) is 0.385. The van der Waals surface area contributed by atoms with E-state index in [1.165, 1.54) is 0 Å². The number of carbonyl (C=O) groups excluding carboxylic acids is 2. The molecule has 0 saturated heterocycles. The van der Waals surface area contributed by atoms with E-state index in [0.29, 0.717) is 18.7 Å². The van der Waals surface area contributed by atoms with Gasteiger partial charge in [0.05, 0.1) is 19.2 Å². The van der Waals surface area contributed by atoms with Crippen molar-refractivity contribution >= 4 is 34.1 Å². The van der Waals surface area contributed by atoms with Crippen LogP contribution in [0.5, 0.6) is 5.75 Å². The first-order valence-corrected chi connectivity index (χ1v) is 11.4. The number of hydrogen-bond acceptors (Lipinski definition) is 6. The molecular formula is C26H32N4O3. The molecule has 7 heteroatoms. The Balaban J connectivity index is 1.65. The predicted molar refractivity (Wildman–Crippen MR) is 131 cm³/mol. The molecule has 0 aliphatic heterocycles. The van der Waals surface area contributed by atoms with Gasteiger partial charge >= 0.3 is 0 Å². The first-order valence-electron chi connectivity index (χ1n) is 11.4. The van der Waals surface area contributed by atoms with Crippen molar-refractivity contribution < 1.29 is 14.3 Å². The largest absolute Gasteiger partial charge is 0.497 e. The van der Waals surface area contributed by atoms with Gasteiger partial charge in [-0.1, -0.05) is 25.0 Å². The van der Waals surface area contributed by atoms with Crippen LogP contribution >= 0.6 is 0 Å². The van der Waals surface area contributed by atoms with Crippen molar-refractivity contribution in [3.05, 3.63) is 54.4 Å². The minimum atomic E-state index is -0.0108. The third-order valence-corrected chi connectivity index (χ3v) is 5.53. The lowest BCUT2D eigenvalue weighted by molar-refractivity contribution is -0.121. The zero-order valence-corrected chi connectivity index (χ0v) is 19.6. The average molecular weight is 449 g/mol. The lowest BCUT2D eigenvalue weighted by atomic mass is 10.1. The Morgan fingerprint density at radius 3 is 2.33 bits per heavy atom. The van der Waals surface area contributed by atoms with E-state index in [2.05, 4.69) is 10.3 Å². The van der Waals surface area contributed by atoms with Crippen LogP contribution in [0.25, 0.3) is 10.9 Å². The number of nitrogens with zero attached hydrogens (tertiary/aromatic N) is 3. The number of fused-ring (bicyclic) bond motifs is 1. The fourth-order valence-corrected chi connectivity index (χ4v) is 3.65. The zero-order valence-electron chi connectivity index (χ0n) is 19.6. The summed E-state index contributed by atoms with van der Waals surface area (Å²) in [5.74, 6) is 2.35. The Morgan fingerprint density at radius 2 is 1.64 bits per heavy atom. The van der Waals surface area contributed by atoms with Crippen LogP contribution in [-0.2, 0) is 16.1 Å². The molecule has 0 radical (unpaired) electrons. The molecule has 0 aliphatic rings. The molecule has 0 spiro atoms. The average Bonchev–Trinajstić information content (AvgIpc) is 2.83. The molecule has 1 aromatic heterocycles. The molecule has 0 bridgehead atoms. The lowest BCUT2D eigenvalue weighted by Gasteiger charge is -2.21. The normalized spacial score (nSPS) is 10.8. The molecule has 1 N–H and O–H groups in total. The maximum Gasteiger partial charge on any atom is 0.220 e. The summed E-state index contributed by atoms with van der Waals surface area (Å²) in [6, 6.07) is 15.7. The van der Waals surface area contributed by atoms with Crippen LogP contribution in [0.3, 0.4) is 0 Å². The first kappa shape index (κ1) is 24.2. The van der Waals surface area contributed by atoms with Gasteiger partial charge in [-0.25, -0.2) is 9.97 Å². The van der Waals surface area contributed by atoms with Crippen LogP contribution in [0.1, 0.15) is 51.3 Å². The number of methoxy groups -OCH3 is 1. The minimum Gasteiger partial charge on any atom is -0.497 e. The topological polar surface area (TPSA) is 84.4 Å². The molecule has 1 heterocycles. The van der Waals surface area contributed by atoms with Crippen LogP contribution in [0, 0.1) is 0 Å². The van der Waals surface area contributed by atoms with Gasteiger partial charge in [-0.15, -0.1) is 0 Å². The van der Waals surface area contributed by atoms with E-state index in [1.54, 1.807) is 14.0 Å². The van der Waals surface area contributed by atoms with Crippen LogP contribution in [0.15, 0.2) is 48.5 Å². The number of unbranched alkanes of at least 4 members (excludes halogenated alkanes) is 3. The summed E-state index contributed by atoms with van der Waals surface area (Å²) in [4.78, 5) is 34.7. The predicted octanol–water partition coefficient (Wildman–Crippen LogP) is 4.95. The number of carbonyl (C=O) groups is 2. The highest BCUT2D eigenvalue weighted by molar-refractivity contribution is 5.91. The van der Waals surface area contributed by atoms with Gasteiger partial charge in [-0.2, -0.15) is 0 Å². The molecule has 3 rings (SSSR count). The molecule has 0 fully saturated rings. The van der Waals surface area contributed by atoms with E-state index in [9.17, 15) is 9.59 Å². The molecule has 2 aromatic carbocycles. The molecule has 0 saturated carbocycles. The number of nitrogens with one attached hydrogen (secondary N) is 1. The molecule has 0 atom stereocenters. The third kappa shape index (κ3) is 7.00. The summed E-state index contributed by atoms with van der Waals surface area (Å²) in [6.45, 7) is 1.89. The maximum absolute atomic E-state index is 12.3. The van der Waals surface area contributed by atoms with Crippen molar-refractivity contribution in [3.63, 3.8) is 0 Å². The van der Waals surface area contributed by atoms with E-state index in [4.69, 9.17) is 9.72 Å². The smallest absolute Gasteiger partial charge is 0.220 e. The third-order valence-electron chi connectivity index (χ3n) is 5.53. The van der Waals surface area contributed by atoms with Crippen LogP contribution in [0.2, 0.25) is 0 Å². The second kappa shape index (κ2) is 11.9. The maximum atomic E-state index is 12.3. The lowest BCUT2D eigenvalue weighted by Crippen LogP contribution is -2.24. The number of para-hydroxylation sites is 1. The summed E-state index contributed by atoms with van der Waals surface area (Å²) in [7, 11) is 3.61. The number of rotatable bonds is 12. The summed E-state index contributed by atoms with van der Waals surface area (Å²) in [5, 5.41) is 3.88. The van der Waals surface area contributed by atoms with E-state index < -0.39 is 0 Å². The van der Waals surface area contributed by atoms with Crippen molar-refractivity contribution in [3.8, 4) is 5.75 Å². The summed E-state index contributed by atoms with van der Waals surface area (Å²) >= 11 is 0. The van der Waals surface area contributed by atoms with Crippen molar-refractivity contribution in [1.82, 2.24) is 15.3 Å². The highest BCUT2D eigenvalue weighted by atomic mass is 16.5. The Kier molecular flexibility index (Phi) is 8.75. The van der Waals surface area contributed by atoms with Gasteiger partial charge in [0.1, 0.15) is 17.4 Å². The van der Waals surface area contributed by atoms with Crippen LogP contribution in [0.4, 0.5) is 11.5 Å². The summed E-state index contributed by atoms with van der Waals surface area (Å²) in [6.07, 6.45) is 4.72. The summed E-state index contributed by atoms with van der Waals surface area (Å²) < 4.78 is 5.26. The number of ether oxygens (including phenoxy) is 1. The van der Waals surface area contributed by atoms with E-state index in [-0.39, 0.29) is 18.2 Å². The Hall–Kier alpha value is -3.48. The first-order chi connectivity index (χ1) is 16.0. The van der Waals surface area contributed by atoms with Gasteiger partial charge in [0.15, 0.2) is 5.82 Å². The van der Waals surface area contributed by atoms with Crippen molar-refractivity contribution in [2.45, 2.75) is 52.0 Å². The highest BCUT2D eigenvalue weighted by Gasteiger charge is 2.14. The van der Waals surface area contributed by atoms with Gasteiger partial charge in [0, 0.05) is 31.0 Å². The molecule has 0 unspecified atom stereocenters. The van der Waals surface area contributed by atoms with Gasteiger partial charge in [-0.3, -0.25) is 4.79 Å². The van der Waals surface area contributed by atoms with Crippen molar-refractivity contribution in [2.75, 3.05) is 19.1 Å². The number of amides is 1. The van der Waals surface area contributed by atoms with Crippen LogP contribution < -0.4 is 15.0 Å². The van der Waals surface area contributed by atoms with Crippen molar-refractivity contribution in [1.29, 1.82) is 0 Å². The van der Waals surface area contributed by atoms with Crippen LogP contribution in [-0.4, -0.2) is 35.8 Å². The van der Waals surface area contributed by atoms with Gasteiger partial charge < -0.3 is 19.7 Å². The standard InChI is InChI=1S/C26H32N4O3/c1-19(31)10-6-4-5-7-13-25(32)27-18-24-28-23-12-9-8-11-22(23)26(29-24)30(2)20-14-16-21(33-3)17-15-20/h8-9,11-12,14-17H,4-7,10,13,18H2,1-3H3,(H,27,32). The fourth-order valence-electron chi connectivity index (χ4n) is 3.65. The second-order valence-electron chi connectivity index (χ2n) is 8.13. The zero-order chi connectivity index (χ0) is 23.6. The molecule has 174 valence electrons. The highest BCUT2D eigenvalue weighted by Crippen LogP contribution is 2.29. The Bertz CT molecular complexity index is 1080. The second-order valence-corrected chi connectivity index (χ2v) is 8.13. The monoisotopic (exact) mass is 448 g/mol. The van der Waals surface area contributed by atoms with Crippen molar-refractivity contribution in [2.24, 2.45) is 0 Å². The molecule has 7 nitrogen and oxygen atoms in total. The Morgan fingerprint density at radius 1 is 0.939 bits per heavy atom. The number of anilines is 2. The number of ketones is 1. The van der Waals surface area contributed by atoms with E-state index in [1.807, 2.05) is 60.5 Å². The molecule has 33 heavy (non-hydrogen) atoms. The van der Waals surface area contributed by atoms with Gasteiger partial charge in [0.2, 0.25) is 5.91 Å². The number of benzene rings is 2. The van der Waals surface area contributed by atoms with E-state index in [0.717, 1.165) is 53.8 Å². The SMILES string of the molecule is COc1ccc(N(C)c2nc(CNC(=O)CCCCCCC(C)=O)nc3ccccc23)cc1.